The number of carbonyl (C=O) groups is 1. The zero-order valence-corrected chi connectivity index (χ0v) is 14.3. The molecule has 1 amide bonds. The molecule has 1 fully saturated rings. The van der Waals surface area contributed by atoms with Crippen molar-refractivity contribution in [3.05, 3.63) is 52.7 Å². The van der Waals surface area contributed by atoms with Gasteiger partial charge < -0.3 is 14.4 Å². The van der Waals surface area contributed by atoms with Crippen molar-refractivity contribution < 1.29 is 27.4 Å². The first-order chi connectivity index (χ1) is 12.3. The van der Waals surface area contributed by atoms with Gasteiger partial charge in [0.1, 0.15) is 11.9 Å². The topological polar surface area (TPSA) is 51.7 Å². The maximum absolute atomic E-state index is 12.7. The largest absolute Gasteiger partial charge is 0.496 e. The van der Waals surface area contributed by atoms with Gasteiger partial charge in [-0.3, -0.25) is 4.79 Å². The number of nitrogens with zero attached hydrogens (tertiary/aromatic N) is 2. The molecular weight excluding hydrogens is 373 g/mol. The number of aromatic nitrogens is 1. The lowest BCUT2D eigenvalue weighted by atomic mass is 10.1. The second kappa shape index (κ2) is 7.03. The molecule has 0 aliphatic carbocycles. The lowest BCUT2D eigenvalue weighted by molar-refractivity contribution is -0.137. The molecule has 26 heavy (non-hydrogen) atoms. The summed E-state index contributed by atoms with van der Waals surface area (Å²) in [5.41, 5.74) is -0.519. The van der Waals surface area contributed by atoms with E-state index in [-0.39, 0.29) is 24.9 Å². The first-order valence-corrected chi connectivity index (χ1v) is 7.98. The van der Waals surface area contributed by atoms with Crippen LogP contribution >= 0.6 is 11.6 Å². The summed E-state index contributed by atoms with van der Waals surface area (Å²) in [4.78, 5) is 17.8. The molecular formula is C17H14ClF3N2O3. The summed E-state index contributed by atoms with van der Waals surface area (Å²) in [7, 11) is 1.45. The number of methoxy groups -OCH3 is 1. The molecule has 1 aromatic carbocycles. The number of ether oxygens (including phenoxy) is 2. The summed E-state index contributed by atoms with van der Waals surface area (Å²) in [6, 6.07) is 6.42. The molecule has 0 atom stereocenters. The van der Waals surface area contributed by atoms with Gasteiger partial charge in [-0.05, 0) is 24.3 Å². The van der Waals surface area contributed by atoms with E-state index in [1.54, 1.807) is 12.1 Å². The third-order valence-corrected chi connectivity index (χ3v) is 4.11. The number of amides is 1. The zero-order chi connectivity index (χ0) is 18.9. The van der Waals surface area contributed by atoms with Crippen LogP contribution in [0.5, 0.6) is 11.6 Å². The Morgan fingerprint density at radius 1 is 1.27 bits per heavy atom. The average Bonchev–Trinajstić information content (AvgIpc) is 2.56. The van der Waals surface area contributed by atoms with Gasteiger partial charge in [0.05, 0.1) is 31.3 Å². The van der Waals surface area contributed by atoms with Gasteiger partial charge in [-0.15, -0.1) is 0 Å². The van der Waals surface area contributed by atoms with Crippen LogP contribution in [-0.4, -0.2) is 42.1 Å². The second-order valence-electron chi connectivity index (χ2n) is 5.68. The third kappa shape index (κ3) is 3.85. The van der Waals surface area contributed by atoms with Crippen molar-refractivity contribution in [1.29, 1.82) is 0 Å². The minimum atomic E-state index is -4.47. The van der Waals surface area contributed by atoms with Gasteiger partial charge in [-0.25, -0.2) is 4.98 Å². The summed E-state index contributed by atoms with van der Waals surface area (Å²) in [5, 5.41) is 0.399. The Balaban J connectivity index is 1.63. The number of halogens is 4. The highest BCUT2D eigenvalue weighted by Crippen LogP contribution is 2.31. The predicted octanol–water partition coefficient (Wildman–Crippen LogP) is 3.67. The van der Waals surface area contributed by atoms with Gasteiger partial charge in [0, 0.05) is 17.3 Å². The highest BCUT2D eigenvalue weighted by molar-refractivity contribution is 6.31. The van der Waals surface area contributed by atoms with E-state index in [2.05, 4.69) is 4.98 Å². The van der Waals surface area contributed by atoms with Crippen molar-refractivity contribution in [2.24, 2.45) is 0 Å². The number of benzene rings is 1. The number of hydrogen-bond acceptors (Lipinski definition) is 4. The molecule has 0 bridgehead atoms. The van der Waals surface area contributed by atoms with Crippen molar-refractivity contribution in [3.63, 3.8) is 0 Å². The van der Waals surface area contributed by atoms with Crippen molar-refractivity contribution >= 4 is 17.5 Å². The molecule has 2 aromatic rings. The quantitative estimate of drug-likeness (QED) is 0.804. The molecule has 0 unspecified atom stereocenters. The van der Waals surface area contributed by atoms with Crippen molar-refractivity contribution in [2.45, 2.75) is 12.3 Å². The molecule has 1 aliphatic rings. The number of pyridine rings is 1. The van der Waals surface area contributed by atoms with Crippen molar-refractivity contribution in [3.8, 4) is 11.6 Å². The molecule has 2 heterocycles. The first-order valence-electron chi connectivity index (χ1n) is 7.60. The third-order valence-electron chi connectivity index (χ3n) is 3.88. The molecule has 0 saturated carbocycles. The highest BCUT2D eigenvalue weighted by Gasteiger charge is 2.35. The van der Waals surface area contributed by atoms with Crippen LogP contribution in [0.3, 0.4) is 0 Å². The Morgan fingerprint density at radius 3 is 2.65 bits per heavy atom. The lowest BCUT2D eigenvalue weighted by Gasteiger charge is -2.38. The van der Waals surface area contributed by atoms with Gasteiger partial charge in [-0.1, -0.05) is 11.6 Å². The number of rotatable bonds is 4. The monoisotopic (exact) mass is 386 g/mol. The Kier molecular flexibility index (Phi) is 4.95. The molecule has 1 aromatic heterocycles. The molecule has 5 nitrogen and oxygen atoms in total. The molecule has 0 N–H and O–H groups in total. The van der Waals surface area contributed by atoms with Gasteiger partial charge >= 0.3 is 6.18 Å². The van der Waals surface area contributed by atoms with E-state index in [0.717, 1.165) is 18.3 Å². The fourth-order valence-corrected chi connectivity index (χ4v) is 2.69. The molecule has 9 heteroatoms. The number of hydrogen-bond donors (Lipinski definition) is 0. The van der Waals surface area contributed by atoms with Crippen LogP contribution in [0, 0.1) is 0 Å². The standard InChI is InChI=1S/C17H14ClF3N2O3/c1-25-14-3-2-11(18)7-13(14)16(24)23-8-12(9-23)26-15-6-10(4-5-22-15)17(19,20)21/h2-7,12H,8-9H2,1H3. The second-order valence-corrected chi connectivity index (χ2v) is 6.11. The van der Waals surface area contributed by atoms with E-state index in [1.165, 1.54) is 18.1 Å². The Morgan fingerprint density at radius 2 is 2.00 bits per heavy atom. The Hall–Kier alpha value is -2.48. The van der Waals surface area contributed by atoms with E-state index in [9.17, 15) is 18.0 Å². The SMILES string of the molecule is COc1ccc(Cl)cc1C(=O)N1CC(Oc2cc(C(F)(F)F)ccn2)C1. The minimum absolute atomic E-state index is 0.128. The van der Waals surface area contributed by atoms with E-state index < -0.39 is 17.8 Å². The maximum atomic E-state index is 12.7. The van der Waals surface area contributed by atoms with Gasteiger partial charge in [0.15, 0.2) is 0 Å². The van der Waals surface area contributed by atoms with Crippen LogP contribution in [0.15, 0.2) is 36.5 Å². The maximum Gasteiger partial charge on any atom is 0.416 e. The summed E-state index contributed by atoms with van der Waals surface area (Å²) in [5.74, 6) is -0.0261. The summed E-state index contributed by atoms with van der Waals surface area (Å²) >= 11 is 5.92. The molecule has 138 valence electrons. The van der Waals surface area contributed by atoms with E-state index in [0.29, 0.717) is 16.3 Å². The molecule has 0 radical (unpaired) electrons. The zero-order valence-electron chi connectivity index (χ0n) is 13.6. The normalized spacial score (nSPS) is 14.7. The van der Waals surface area contributed by atoms with Crippen LogP contribution in [0.2, 0.25) is 5.02 Å². The summed E-state index contributed by atoms with van der Waals surface area (Å²) in [6.07, 6.45) is -3.86. The molecule has 3 rings (SSSR count). The van der Waals surface area contributed by atoms with Crippen molar-refractivity contribution in [2.75, 3.05) is 20.2 Å². The predicted molar refractivity (Wildman–Crippen MR) is 87.6 cm³/mol. The van der Waals surface area contributed by atoms with Crippen molar-refractivity contribution in [1.82, 2.24) is 9.88 Å². The van der Waals surface area contributed by atoms with E-state index in [4.69, 9.17) is 21.1 Å². The Bertz CT molecular complexity index is 823. The minimum Gasteiger partial charge on any atom is -0.496 e. The van der Waals surface area contributed by atoms with Crippen LogP contribution in [0.4, 0.5) is 13.2 Å². The molecule has 0 spiro atoms. The van der Waals surface area contributed by atoms with E-state index in [1.807, 2.05) is 0 Å². The summed E-state index contributed by atoms with van der Waals surface area (Å²) < 4.78 is 48.7. The summed E-state index contributed by atoms with van der Waals surface area (Å²) in [6.45, 7) is 0.457. The molecule has 1 aliphatic heterocycles. The highest BCUT2D eigenvalue weighted by atomic mass is 35.5. The molecule has 1 saturated heterocycles. The fraction of sp³-hybridized carbons (Fsp3) is 0.294. The smallest absolute Gasteiger partial charge is 0.416 e. The lowest BCUT2D eigenvalue weighted by Crippen LogP contribution is -2.56. The number of alkyl halides is 3. The van der Waals surface area contributed by atoms with Crippen LogP contribution in [0.1, 0.15) is 15.9 Å². The number of likely N-dealkylation sites (tertiary alicyclic amines) is 1. The van der Waals surface area contributed by atoms with Gasteiger partial charge in [0.25, 0.3) is 5.91 Å². The fourth-order valence-electron chi connectivity index (χ4n) is 2.52. The Labute approximate surface area is 152 Å². The van der Waals surface area contributed by atoms with E-state index >= 15 is 0 Å². The number of carbonyl (C=O) groups excluding carboxylic acids is 1. The average molecular weight is 387 g/mol. The van der Waals surface area contributed by atoms with Crippen LogP contribution in [0.25, 0.3) is 0 Å². The van der Waals surface area contributed by atoms with Crippen LogP contribution < -0.4 is 9.47 Å². The van der Waals surface area contributed by atoms with Gasteiger partial charge in [0.2, 0.25) is 5.88 Å². The van der Waals surface area contributed by atoms with Crippen LogP contribution in [-0.2, 0) is 6.18 Å². The first kappa shape index (κ1) is 18.3. The van der Waals surface area contributed by atoms with Gasteiger partial charge in [-0.2, -0.15) is 13.2 Å².